The minimum atomic E-state index is -4.47. The number of rotatable bonds is 10. The van der Waals surface area contributed by atoms with Gasteiger partial charge in [-0.05, 0) is 76.6 Å². The maximum atomic E-state index is 12.6. The van der Waals surface area contributed by atoms with E-state index in [4.69, 9.17) is 30.8 Å². The maximum absolute atomic E-state index is 12.6. The van der Waals surface area contributed by atoms with Gasteiger partial charge in [0, 0.05) is 12.4 Å². The van der Waals surface area contributed by atoms with Gasteiger partial charge in [0.2, 0.25) is 5.76 Å². The zero-order chi connectivity index (χ0) is 36.0. The van der Waals surface area contributed by atoms with E-state index in [9.17, 15) is 18.0 Å². The van der Waals surface area contributed by atoms with Crippen LogP contribution in [0.5, 0.6) is 0 Å². The molecule has 5 aromatic rings. The summed E-state index contributed by atoms with van der Waals surface area (Å²) in [5.74, 6) is -0.463. The maximum Gasteiger partial charge on any atom is 1.00 e. The second-order valence-electron chi connectivity index (χ2n) is 11.4. The number of carbonyl (C=O) groups is 2. The molecule has 1 aromatic heterocycles. The van der Waals surface area contributed by atoms with Crippen molar-refractivity contribution in [3.05, 3.63) is 131 Å². The zero-order valence-electron chi connectivity index (χ0n) is 30.6. The largest absolute Gasteiger partial charge is 1.00 e. The molecule has 0 unspecified atom stereocenters. The monoisotopic (exact) mass is 963 g/mol. The molecule has 0 saturated heterocycles. The van der Waals surface area contributed by atoms with Gasteiger partial charge in [0.05, 0.1) is 19.1 Å². The van der Waals surface area contributed by atoms with Crippen LogP contribution in [-0.2, 0) is 56.2 Å². The van der Waals surface area contributed by atoms with Crippen LogP contribution in [0.1, 0.15) is 56.0 Å². The molecule has 0 saturated carbocycles. The number of halogens is 4. The first-order valence-electron chi connectivity index (χ1n) is 15.3. The molecule has 0 fully saturated rings. The van der Waals surface area contributed by atoms with E-state index >= 15 is 0 Å². The summed E-state index contributed by atoms with van der Waals surface area (Å²) < 4.78 is 47.4. The molecule has 7 nitrogen and oxygen atoms in total. The van der Waals surface area contributed by atoms with Crippen molar-refractivity contribution in [2.45, 2.75) is 57.8 Å². The molecule has 0 bridgehead atoms. The third kappa shape index (κ3) is 14.6. The summed E-state index contributed by atoms with van der Waals surface area (Å²) >= 11 is 5.99. The van der Waals surface area contributed by atoms with Gasteiger partial charge in [-0.15, -0.1) is 11.6 Å². The Kier molecular flexibility index (Phi) is 22.9. The van der Waals surface area contributed by atoms with Crippen LogP contribution in [0.3, 0.4) is 0 Å². The molecule has 262 valence electrons. The number of ether oxygens (including phenoxy) is 1. The standard InChI is InChI=1S/C24H24F3NO3.C13H13Cl.CH2O3.2Cs.H/c1-23(2,22(29)30-3)19-6-4-5-18(13-19)17-9-7-16(8-10-17)14-28-15-20-11-12-21(31-20)24(25,26)27;1-2-10-7-8-11-5-3-4-6-12(11)13(10)9-14;2-1-4-3;;;/h4-13,28H,14-15H2,1-3H3;3-8H,2,9H2,1H3;1,3H;;;/q;;;2*+1;-1/p-1. The molecule has 13 heteroatoms. The van der Waals surface area contributed by atoms with Crippen LogP contribution in [0.2, 0.25) is 0 Å². The summed E-state index contributed by atoms with van der Waals surface area (Å²) in [6.07, 6.45) is -3.43. The van der Waals surface area contributed by atoms with Crippen molar-refractivity contribution in [2.24, 2.45) is 0 Å². The van der Waals surface area contributed by atoms with Crippen molar-refractivity contribution < 1.29 is 181 Å². The van der Waals surface area contributed by atoms with Gasteiger partial charge in [-0.3, -0.25) is 9.59 Å². The van der Waals surface area contributed by atoms with Crippen LogP contribution in [-0.4, -0.2) is 19.6 Å². The third-order valence-corrected chi connectivity index (χ3v) is 8.10. The molecule has 1 heterocycles. The first-order chi connectivity index (χ1) is 23.4. The van der Waals surface area contributed by atoms with Gasteiger partial charge < -0.3 is 26.0 Å². The van der Waals surface area contributed by atoms with Gasteiger partial charge in [0.15, 0.2) is 0 Å². The van der Waals surface area contributed by atoms with Crippen LogP contribution in [0.15, 0.2) is 101 Å². The van der Waals surface area contributed by atoms with Gasteiger partial charge in [-0.25, -0.2) is 0 Å². The molecular formula is C38H39ClCs2F3NO6. The Morgan fingerprint density at radius 3 is 2.16 bits per heavy atom. The van der Waals surface area contributed by atoms with E-state index in [1.54, 1.807) is 0 Å². The number of hydrogen-bond acceptors (Lipinski definition) is 7. The predicted octanol–water partition coefficient (Wildman–Crippen LogP) is 2.40. The summed E-state index contributed by atoms with van der Waals surface area (Å²) in [5.41, 5.74) is 5.70. The van der Waals surface area contributed by atoms with Crippen LogP contribution in [0.25, 0.3) is 21.9 Å². The number of nitrogens with one attached hydrogen (secondary N) is 1. The summed E-state index contributed by atoms with van der Waals surface area (Å²) in [4.78, 5) is 23.3. The van der Waals surface area contributed by atoms with E-state index < -0.39 is 17.4 Å². The minimum Gasteiger partial charge on any atom is -1.00 e. The molecule has 4 aromatic carbocycles. The van der Waals surface area contributed by atoms with E-state index in [0.717, 1.165) is 34.7 Å². The quantitative estimate of drug-likeness (QED) is 0.0756. The summed E-state index contributed by atoms with van der Waals surface area (Å²) in [7, 11) is 1.38. The van der Waals surface area contributed by atoms with Crippen LogP contribution < -0.4 is 148 Å². The van der Waals surface area contributed by atoms with Crippen molar-refractivity contribution in [3.63, 3.8) is 0 Å². The molecule has 0 amide bonds. The van der Waals surface area contributed by atoms with E-state index in [2.05, 4.69) is 53.5 Å². The molecule has 0 aliphatic heterocycles. The Balaban J connectivity index is 0.00000103. The Labute approximate surface area is 420 Å². The molecule has 0 atom stereocenters. The van der Waals surface area contributed by atoms with Crippen molar-refractivity contribution in [2.75, 3.05) is 7.11 Å². The third-order valence-electron chi connectivity index (χ3n) is 7.83. The fourth-order valence-corrected chi connectivity index (χ4v) is 5.42. The van der Waals surface area contributed by atoms with E-state index in [0.29, 0.717) is 12.4 Å². The molecule has 0 radical (unpaired) electrons. The van der Waals surface area contributed by atoms with Gasteiger partial charge in [-0.2, -0.15) is 13.2 Å². The molecule has 5 rings (SSSR count). The number of benzene rings is 4. The van der Waals surface area contributed by atoms with Crippen molar-refractivity contribution in [1.29, 1.82) is 0 Å². The minimum absolute atomic E-state index is 0. The van der Waals surface area contributed by atoms with Crippen molar-refractivity contribution in [1.82, 2.24) is 5.32 Å². The topological polar surface area (TPSA) is 101 Å². The number of carbonyl (C=O) groups excluding carboxylic acids is 2. The van der Waals surface area contributed by atoms with Crippen molar-refractivity contribution in [3.8, 4) is 11.1 Å². The molecular weight excluding hydrogens is 925 g/mol. The van der Waals surface area contributed by atoms with Crippen LogP contribution >= 0.6 is 11.6 Å². The molecule has 0 spiro atoms. The van der Waals surface area contributed by atoms with E-state index in [-0.39, 0.29) is 164 Å². The fourth-order valence-electron chi connectivity index (χ4n) is 5.10. The Bertz CT molecular complexity index is 1820. The number of hydrogen-bond donors (Lipinski definition) is 1. The Morgan fingerprint density at radius 2 is 1.59 bits per heavy atom. The average Bonchev–Trinajstić information content (AvgIpc) is 3.61. The van der Waals surface area contributed by atoms with Crippen LogP contribution in [0, 0.1) is 0 Å². The first kappa shape index (κ1) is 48.5. The predicted molar refractivity (Wildman–Crippen MR) is 182 cm³/mol. The number of esters is 1. The second kappa shape index (κ2) is 24.1. The Hall–Kier alpha value is -0.536. The normalized spacial score (nSPS) is 10.7. The number of furan rings is 1. The Morgan fingerprint density at radius 1 is 0.922 bits per heavy atom. The summed E-state index contributed by atoms with van der Waals surface area (Å²) in [6.45, 7) is 6.31. The summed E-state index contributed by atoms with van der Waals surface area (Å²) in [6, 6.07) is 30.6. The van der Waals surface area contributed by atoms with E-state index in [1.807, 2.05) is 62.4 Å². The first-order valence-corrected chi connectivity index (χ1v) is 15.9. The average molecular weight is 964 g/mol. The number of alkyl halides is 4. The molecule has 1 N–H and O–H groups in total. The SMILES string of the molecule is CCc1ccc2ccccc2c1CCl.COC(=O)C(C)(C)c1cccc(-c2ccc(CNCc3ccc(C(F)(F)F)o3)cc2)c1.O=CO[O-].[Cs+].[Cs+].[H-]. The summed E-state index contributed by atoms with van der Waals surface area (Å²) in [5, 5.41) is 14.1. The molecule has 51 heavy (non-hydrogen) atoms. The van der Waals surface area contributed by atoms with Gasteiger partial charge in [-0.1, -0.05) is 91.9 Å². The number of fused-ring (bicyclic) bond motifs is 1. The number of methoxy groups -OCH3 is 1. The fraction of sp³-hybridized carbons (Fsp3) is 0.263. The van der Waals surface area contributed by atoms with Crippen molar-refractivity contribution >= 4 is 34.8 Å². The molecule has 0 aliphatic rings. The zero-order valence-corrected chi connectivity index (χ0v) is 42.9. The van der Waals surface area contributed by atoms with Crippen LogP contribution in [0.4, 0.5) is 13.2 Å². The van der Waals surface area contributed by atoms with Gasteiger partial charge in [0.25, 0.3) is 6.47 Å². The van der Waals surface area contributed by atoms with E-state index in [1.165, 1.54) is 35.1 Å². The second-order valence-corrected chi connectivity index (χ2v) is 11.6. The number of aryl methyl sites for hydroxylation is 1. The molecule has 0 aliphatic carbocycles. The van der Waals surface area contributed by atoms with Gasteiger partial charge >= 0.3 is 150 Å². The van der Waals surface area contributed by atoms with Gasteiger partial charge in [0.1, 0.15) is 5.76 Å². The smallest absolute Gasteiger partial charge is 1.00 e.